The Morgan fingerprint density at radius 2 is 1.12 bits per heavy atom. The Labute approximate surface area is 153 Å². The van der Waals surface area contributed by atoms with E-state index >= 15 is 0 Å². The van der Waals surface area contributed by atoms with Crippen LogP contribution < -0.4 is 0 Å². The third-order valence-corrected chi connectivity index (χ3v) is 6.78. The molecule has 1 aromatic rings. The van der Waals surface area contributed by atoms with Gasteiger partial charge in [0, 0.05) is 30.2 Å². The molecule has 0 aliphatic heterocycles. The molecule has 0 unspecified atom stereocenters. The summed E-state index contributed by atoms with van der Waals surface area (Å²) in [6.45, 7) is 17.4. The van der Waals surface area contributed by atoms with Crippen LogP contribution in [0.3, 0.4) is 0 Å². The molecular formula is C19H33F2N2OP. The van der Waals surface area contributed by atoms with Crippen molar-refractivity contribution in [1.29, 1.82) is 0 Å². The summed E-state index contributed by atoms with van der Waals surface area (Å²) in [5, 5.41) is 0. The van der Waals surface area contributed by atoms with Crippen molar-refractivity contribution >= 4 is 8.45 Å². The van der Waals surface area contributed by atoms with Crippen LogP contribution in [0.4, 0.5) is 8.78 Å². The highest BCUT2D eigenvalue weighted by atomic mass is 31.2. The van der Waals surface area contributed by atoms with Crippen molar-refractivity contribution in [3.63, 3.8) is 0 Å². The molecule has 0 amide bonds. The van der Waals surface area contributed by atoms with Gasteiger partial charge in [0.25, 0.3) is 0 Å². The molecule has 3 nitrogen and oxygen atoms in total. The van der Waals surface area contributed by atoms with Gasteiger partial charge in [0.1, 0.15) is 11.6 Å². The predicted octanol–water partition coefficient (Wildman–Crippen LogP) is 5.95. The standard InChI is InChI=1S/C19H33F2N2OP/c1-13(2)22(14(3)4)25(23(15(5)6)16(7)8)24-12-17-9-18(20)11-19(21)10-17/h9-11,13-16H,12H2,1-8H3. The van der Waals surface area contributed by atoms with Crippen molar-refractivity contribution in [3.05, 3.63) is 35.4 Å². The molecule has 0 heterocycles. The van der Waals surface area contributed by atoms with Crippen LogP contribution in [0, 0.1) is 11.6 Å². The molecule has 0 saturated heterocycles. The van der Waals surface area contributed by atoms with E-state index in [1.54, 1.807) is 0 Å². The maximum absolute atomic E-state index is 13.5. The van der Waals surface area contributed by atoms with Gasteiger partial charge in [-0.2, -0.15) is 0 Å². The predicted molar refractivity (Wildman–Crippen MR) is 102 cm³/mol. The van der Waals surface area contributed by atoms with Crippen LogP contribution in [-0.4, -0.2) is 33.5 Å². The van der Waals surface area contributed by atoms with Gasteiger partial charge in [0.15, 0.2) is 8.45 Å². The molecule has 144 valence electrons. The summed E-state index contributed by atoms with van der Waals surface area (Å²) in [5.41, 5.74) is 0.518. The first kappa shape index (κ1) is 22.4. The summed E-state index contributed by atoms with van der Waals surface area (Å²) in [4.78, 5) is 0. The maximum Gasteiger partial charge on any atom is 0.189 e. The van der Waals surface area contributed by atoms with E-state index in [1.807, 2.05) is 0 Å². The Morgan fingerprint density at radius 1 is 0.760 bits per heavy atom. The van der Waals surface area contributed by atoms with Crippen molar-refractivity contribution < 1.29 is 13.3 Å². The first-order valence-electron chi connectivity index (χ1n) is 8.99. The number of benzene rings is 1. The molecule has 0 aromatic heterocycles. The Hall–Kier alpha value is -0.610. The number of rotatable bonds is 9. The quantitative estimate of drug-likeness (QED) is 0.497. The molecule has 0 radical (unpaired) electrons. The highest BCUT2D eigenvalue weighted by Gasteiger charge is 2.34. The van der Waals surface area contributed by atoms with Gasteiger partial charge in [-0.3, -0.25) is 0 Å². The molecule has 0 fully saturated rings. The number of hydrogen-bond donors (Lipinski definition) is 0. The Bertz CT molecular complexity index is 482. The minimum Gasteiger partial charge on any atom is -0.326 e. The fraction of sp³-hybridized carbons (Fsp3) is 0.684. The van der Waals surface area contributed by atoms with Gasteiger partial charge >= 0.3 is 0 Å². The van der Waals surface area contributed by atoms with Crippen molar-refractivity contribution in [2.45, 2.75) is 86.2 Å². The van der Waals surface area contributed by atoms with E-state index in [9.17, 15) is 8.78 Å². The van der Waals surface area contributed by atoms with Crippen LogP contribution in [0.15, 0.2) is 18.2 Å². The molecule has 0 aliphatic carbocycles. The molecule has 6 heteroatoms. The first-order valence-corrected chi connectivity index (χ1v) is 10.2. The molecule has 0 atom stereocenters. The average Bonchev–Trinajstić information content (AvgIpc) is 2.41. The smallest absolute Gasteiger partial charge is 0.189 e. The summed E-state index contributed by atoms with van der Waals surface area (Å²) in [5.74, 6) is -1.14. The monoisotopic (exact) mass is 374 g/mol. The van der Waals surface area contributed by atoms with E-state index in [4.69, 9.17) is 4.52 Å². The molecule has 0 spiro atoms. The summed E-state index contributed by atoms with van der Waals surface area (Å²) < 4.78 is 37.9. The molecule has 0 bridgehead atoms. The van der Waals surface area contributed by atoms with Gasteiger partial charge in [-0.1, -0.05) is 0 Å². The lowest BCUT2D eigenvalue weighted by Gasteiger charge is -2.45. The lowest BCUT2D eigenvalue weighted by Crippen LogP contribution is -2.43. The van der Waals surface area contributed by atoms with Crippen LogP contribution in [-0.2, 0) is 11.1 Å². The highest BCUT2D eigenvalue weighted by Crippen LogP contribution is 2.51. The number of nitrogens with zero attached hydrogens (tertiary/aromatic N) is 2. The largest absolute Gasteiger partial charge is 0.326 e. The van der Waals surface area contributed by atoms with Crippen LogP contribution in [0.1, 0.15) is 61.0 Å². The Balaban J connectivity index is 3.12. The fourth-order valence-corrected chi connectivity index (χ4v) is 5.41. The molecular weight excluding hydrogens is 341 g/mol. The van der Waals surface area contributed by atoms with Gasteiger partial charge in [-0.05, 0) is 73.1 Å². The molecule has 1 aromatic carbocycles. The number of halogens is 2. The van der Waals surface area contributed by atoms with Crippen LogP contribution in [0.5, 0.6) is 0 Å². The van der Waals surface area contributed by atoms with Gasteiger partial charge in [-0.25, -0.2) is 18.1 Å². The third-order valence-electron chi connectivity index (χ3n) is 3.78. The van der Waals surface area contributed by atoms with Gasteiger partial charge < -0.3 is 4.52 Å². The summed E-state index contributed by atoms with van der Waals surface area (Å²) in [6, 6.07) is 4.76. The second-order valence-electron chi connectivity index (χ2n) is 7.44. The zero-order valence-electron chi connectivity index (χ0n) is 16.8. The van der Waals surface area contributed by atoms with Gasteiger partial charge in [0.2, 0.25) is 0 Å². The topological polar surface area (TPSA) is 15.7 Å². The van der Waals surface area contributed by atoms with Crippen molar-refractivity contribution in [2.24, 2.45) is 0 Å². The second-order valence-corrected chi connectivity index (χ2v) is 9.13. The number of hydrogen-bond acceptors (Lipinski definition) is 3. The van der Waals surface area contributed by atoms with Crippen LogP contribution >= 0.6 is 8.45 Å². The highest BCUT2D eigenvalue weighted by molar-refractivity contribution is 7.47. The van der Waals surface area contributed by atoms with E-state index in [0.29, 0.717) is 29.7 Å². The van der Waals surface area contributed by atoms with Crippen molar-refractivity contribution in [3.8, 4) is 0 Å². The minimum absolute atomic E-state index is 0.187. The molecule has 0 N–H and O–H groups in total. The Morgan fingerprint density at radius 3 is 1.44 bits per heavy atom. The molecule has 1 rings (SSSR count). The Kier molecular flexibility index (Phi) is 8.90. The van der Waals surface area contributed by atoms with E-state index in [1.165, 1.54) is 12.1 Å². The minimum atomic E-state index is -1.07. The molecule has 25 heavy (non-hydrogen) atoms. The van der Waals surface area contributed by atoms with Crippen molar-refractivity contribution in [1.82, 2.24) is 9.34 Å². The van der Waals surface area contributed by atoms with Gasteiger partial charge in [0.05, 0.1) is 6.61 Å². The lowest BCUT2D eigenvalue weighted by atomic mass is 10.2. The zero-order chi connectivity index (χ0) is 19.3. The van der Waals surface area contributed by atoms with E-state index < -0.39 is 20.1 Å². The fourth-order valence-electron chi connectivity index (χ4n) is 3.06. The zero-order valence-corrected chi connectivity index (χ0v) is 17.6. The van der Waals surface area contributed by atoms with E-state index in [-0.39, 0.29) is 6.61 Å². The third kappa shape index (κ3) is 6.56. The molecule has 0 saturated carbocycles. The summed E-state index contributed by atoms with van der Waals surface area (Å²) in [7, 11) is -1.07. The van der Waals surface area contributed by atoms with Crippen LogP contribution in [0.2, 0.25) is 0 Å². The van der Waals surface area contributed by atoms with E-state index in [0.717, 1.165) is 6.07 Å². The first-order chi connectivity index (χ1) is 11.5. The average molecular weight is 374 g/mol. The van der Waals surface area contributed by atoms with E-state index in [2.05, 4.69) is 64.7 Å². The van der Waals surface area contributed by atoms with Gasteiger partial charge in [-0.15, -0.1) is 0 Å². The normalized spacial score (nSPS) is 12.8. The summed E-state index contributed by atoms with van der Waals surface area (Å²) >= 11 is 0. The maximum atomic E-state index is 13.5. The lowest BCUT2D eigenvalue weighted by molar-refractivity contribution is 0.181. The van der Waals surface area contributed by atoms with Crippen molar-refractivity contribution in [2.75, 3.05) is 0 Å². The second kappa shape index (κ2) is 9.91. The van der Waals surface area contributed by atoms with Crippen LogP contribution in [0.25, 0.3) is 0 Å². The molecule has 0 aliphatic rings. The SMILES string of the molecule is CC(C)N(C(C)C)P(OCc1cc(F)cc(F)c1)N(C(C)C)C(C)C. The summed E-state index contributed by atoms with van der Waals surface area (Å²) in [6.07, 6.45) is 0.